The van der Waals surface area contributed by atoms with Crippen LogP contribution in [-0.2, 0) is 5.41 Å². The van der Waals surface area contributed by atoms with Crippen molar-refractivity contribution in [1.29, 1.82) is 0 Å². The summed E-state index contributed by atoms with van der Waals surface area (Å²) >= 11 is 0. The van der Waals surface area contributed by atoms with Gasteiger partial charge in [0.25, 0.3) is 5.69 Å². The molecule has 0 atom stereocenters. The lowest BCUT2D eigenvalue weighted by Crippen LogP contribution is -2.43. The zero-order valence-corrected chi connectivity index (χ0v) is 15.1. The fourth-order valence-corrected chi connectivity index (χ4v) is 4.27. The van der Waals surface area contributed by atoms with E-state index in [1.54, 1.807) is 12.1 Å². The first kappa shape index (κ1) is 17.3. The number of anilines is 1. The first-order chi connectivity index (χ1) is 13.2. The van der Waals surface area contributed by atoms with Gasteiger partial charge in [-0.2, -0.15) is 0 Å². The minimum atomic E-state index is -0.286. The highest BCUT2D eigenvalue weighted by molar-refractivity contribution is 5.63. The summed E-state index contributed by atoms with van der Waals surface area (Å²) in [5.74, 6) is 0. The van der Waals surface area contributed by atoms with Crippen LogP contribution in [0.3, 0.4) is 0 Å². The smallest absolute Gasteiger partial charge is 0.292 e. The molecular formula is C23H22N2O2. The fourth-order valence-electron chi connectivity index (χ4n) is 4.27. The summed E-state index contributed by atoms with van der Waals surface area (Å²) in [7, 11) is 0. The Bertz CT molecular complexity index is 876. The normalized spacial score (nSPS) is 16.1. The summed E-state index contributed by atoms with van der Waals surface area (Å²) in [6.07, 6.45) is 1.85. The molecule has 3 aromatic rings. The van der Waals surface area contributed by atoms with Gasteiger partial charge in [0.15, 0.2) is 0 Å². The molecule has 0 aliphatic carbocycles. The summed E-state index contributed by atoms with van der Waals surface area (Å²) in [4.78, 5) is 13.3. The van der Waals surface area contributed by atoms with Crippen molar-refractivity contribution in [1.82, 2.24) is 0 Å². The first-order valence-corrected chi connectivity index (χ1v) is 9.30. The van der Waals surface area contributed by atoms with Gasteiger partial charge in [0.1, 0.15) is 5.69 Å². The van der Waals surface area contributed by atoms with E-state index in [9.17, 15) is 10.1 Å². The molecule has 1 saturated heterocycles. The van der Waals surface area contributed by atoms with E-state index >= 15 is 0 Å². The minimum Gasteiger partial charge on any atom is -0.366 e. The molecule has 1 aliphatic heterocycles. The van der Waals surface area contributed by atoms with E-state index in [4.69, 9.17) is 0 Å². The molecule has 136 valence electrons. The van der Waals surface area contributed by atoms with Crippen LogP contribution in [0.15, 0.2) is 84.9 Å². The van der Waals surface area contributed by atoms with Crippen LogP contribution < -0.4 is 4.90 Å². The molecule has 1 aliphatic rings. The number of hydrogen-bond donors (Lipinski definition) is 0. The second kappa shape index (κ2) is 7.23. The van der Waals surface area contributed by atoms with Crippen LogP contribution in [-0.4, -0.2) is 18.0 Å². The Morgan fingerprint density at radius 2 is 1.22 bits per heavy atom. The summed E-state index contributed by atoms with van der Waals surface area (Å²) < 4.78 is 0. The molecule has 0 bridgehead atoms. The summed E-state index contributed by atoms with van der Waals surface area (Å²) in [5.41, 5.74) is 3.49. The van der Waals surface area contributed by atoms with Gasteiger partial charge in [0.05, 0.1) is 4.92 Å². The van der Waals surface area contributed by atoms with Gasteiger partial charge in [-0.1, -0.05) is 72.8 Å². The van der Waals surface area contributed by atoms with Crippen molar-refractivity contribution >= 4 is 11.4 Å². The van der Waals surface area contributed by atoms with Gasteiger partial charge in [-0.3, -0.25) is 10.1 Å². The molecule has 1 heterocycles. The summed E-state index contributed by atoms with van der Waals surface area (Å²) in [5, 5.41) is 11.4. The Balaban J connectivity index is 1.68. The third-order valence-electron chi connectivity index (χ3n) is 5.69. The third kappa shape index (κ3) is 3.19. The average molecular weight is 358 g/mol. The molecule has 4 nitrogen and oxygen atoms in total. The van der Waals surface area contributed by atoms with Crippen molar-refractivity contribution in [2.24, 2.45) is 0 Å². The van der Waals surface area contributed by atoms with Crippen molar-refractivity contribution in [2.75, 3.05) is 18.0 Å². The van der Waals surface area contributed by atoms with Crippen LogP contribution in [0.4, 0.5) is 11.4 Å². The highest BCUT2D eigenvalue weighted by Gasteiger charge is 2.38. The molecule has 0 aromatic heterocycles. The van der Waals surface area contributed by atoms with Crippen molar-refractivity contribution in [3.63, 3.8) is 0 Å². The zero-order chi connectivity index (χ0) is 18.7. The predicted molar refractivity (Wildman–Crippen MR) is 108 cm³/mol. The van der Waals surface area contributed by atoms with Crippen LogP contribution in [0.2, 0.25) is 0 Å². The Hall–Kier alpha value is -3.14. The quantitative estimate of drug-likeness (QED) is 0.477. The molecule has 1 fully saturated rings. The van der Waals surface area contributed by atoms with E-state index in [1.807, 2.05) is 24.3 Å². The lowest BCUT2D eigenvalue weighted by molar-refractivity contribution is -0.384. The Morgan fingerprint density at radius 3 is 1.74 bits per heavy atom. The molecule has 0 saturated carbocycles. The fraction of sp³-hybridized carbons (Fsp3) is 0.217. The second-order valence-corrected chi connectivity index (χ2v) is 7.05. The van der Waals surface area contributed by atoms with E-state index in [-0.39, 0.29) is 16.0 Å². The molecule has 0 amide bonds. The summed E-state index contributed by atoms with van der Waals surface area (Å²) in [6, 6.07) is 28.3. The lowest BCUT2D eigenvalue weighted by atomic mass is 9.68. The van der Waals surface area contributed by atoms with Crippen LogP contribution in [0.1, 0.15) is 24.0 Å². The maximum Gasteiger partial charge on any atom is 0.292 e. The molecule has 27 heavy (non-hydrogen) atoms. The van der Waals surface area contributed by atoms with Crippen molar-refractivity contribution in [3.05, 3.63) is 106 Å². The SMILES string of the molecule is O=[N+]([O-])c1ccccc1N1CCC(c2ccccc2)(c2ccccc2)CC1. The van der Waals surface area contributed by atoms with Crippen LogP contribution in [0, 0.1) is 10.1 Å². The van der Waals surface area contributed by atoms with E-state index in [0.29, 0.717) is 0 Å². The molecule has 3 aromatic carbocycles. The van der Waals surface area contributed by atoms with Crippen molar-refractivity contribution in [2.45, 2.75) is 18.3 Å². The van der Waals surface area contributed by atoms with Crippen molar-refractivity contribution in [3.8, 4) is 0 Å². The summed E-state index contributed by atoms with van der Waals surface area (Å²) in [6.45, 7) is 1.57. The standard InChI is InChI=1S/C23H22N2O2/c26-25(27)22-14-8-7-13-21(22)24-17-15-23(16-18-24,19-9-3-1-4-10-19)20-11-5-2-6-12-20/h1-14H,15-18H2. The third-order valence-corrected chi connectivity index (χ3v) is 5.69. The highest BCUT2D eigenvalue weighted by atomic mass is 16.6. The topological polar surface area (TPSA) is 46.4 Å². The second-order valence-electron chi connectivity index (χ2n) is 7.05. The lowest BCUT2D eigenvalue weighted by Gasteiger charge is -2.43. The monoisotopic (exact) mass is 358 g/mol. The number of para-hydroxylation sites is 2. The molecular weight excluding hydrogens is 336 g/mol. The Labute approximate surface area is 159 Å². The van der Waals surface area contributed by atoms with Gasteiger partial charge in [0.2, 0.25) is 0 Å². The van der Waals surface area contributed by atoms with Gasteiger partial charge >= 0.3 is 0 Å². The van der Waals surface area contributed by atoms with Gasteiger partial charge < -0.3 is 4.90 Å². The number of rotatable bonds is 4. The van der Waals surface area contributed by atoms with Gasteiger partial charge in [-0.15, -0.1) is 0 Å². The number of nitro benzene ring substituents is 1. The molecule has 0 unspecified atom stereocenters. The van der Waals surface area contributed by atoms with E-state index < -0.39 is 0 Å². The molecule has 0 spiro atoms. The van der Waals surface area contributed by atoms with Gasteiger partial charge in [-0.25, -0.2) is 0 Å². The maximum absolute atomic E-state index is 11.4. The van der Waals surface area contributed by atoms with Gasteiger partial charge in [0, 0.05) is 24.6 Å². The van der Waals surface area contributed by atoms with Crippen molar-refractivity contribution < 1.29 is 4.92 Å². The van der Waals surface area contributed by atoms with Crippen LogP contribution in [0.5, 0.6) is 0 Å². The molecule has 0 N–H and O–H groups in total. The minimum absolute atomic E-state index is 0.0530. The number of hydrogen-bond acceptors (Lipinski definition) is 3. The number of piperidine rings is 1. The Kier molecular flexibility index (Phi) is 4.63. The van der Waals surface area contributed by atoms with E-state index in [1.165, 1.54) is 11.1 Å². The number of benzene rings is 3. The van der Waals surface area contributed by atoms with Gasteiger partial charge in [-0.05, 0) is 30.0 Å². The Morgan fingerprint density at radius 1 is 0.741 bits per heavy atom. The molecule has 4 heteroatoms. The largest absolute Gasteiger partial charge is 0.366 e. The zero-order valence-electron chi connectivity index (χ0n) is 15.1. The van der Waals surface area contributed by atoms with E-state index in [2.05, 4.69) is 53.4 Å². The number of nitro groups is 1. The van der Waals surface area contributed by atoms with Crippen LogP contribution in [0.25, 0.3) is 0 Å². The highest BCUT2D eigenvalue weighted by Crippen LogP contribution is 2.43. The maximum atomic E-state index is 11.4. The molecule has 4 rings (SSSR count). The average Bonchev–Trinajstić information content (AvgIpc) is 2.75. The van der Waals surface area contributed by atoms with E-state index in [0.717, 1.165) is 31.6 Å². The predicted octanol–water partition coefficient (Wildman–Crippen LogP) is 5.18. The number of nitrogens with zero attached hydrogens (tertiary/aromatic N) is 2. The van der Waals surface area contributed by atoms with Crippen LogP contribution >= 0.6 is 0 Å². The first-order valence-electron chi connectivity index (χ1n) is 9.30. The molecule has 0 radical (unpaired) electrons.